The van der Waals surface area contributed by atoms with E-state index in [1.807, 2.05) is 0 Å². The zero-order chi connectivity index (χ0) is 12.5. The molecule has 100 valence electrons. The van der Waals surface area contributed by atoms with Gasteiger partial charge in [0.2, 0.25) is 0 Å². The van der Waals surface area contributed by atoms with Crippen LogP contribution in [0, 0.1) is 11.8 Å². The van der Waals surface area contributed by atoms with Gasteiger partial charge in [-0.15, -0.1) is 0 Å². The fourth-order valence-corrected chi connectivity index (χ4v) is 6.49. The first kappa shape index (κ1) is 13.3. The van der Waals surface area contributed by atoms with E-state index in [1.54, 1.807) is 0 Å². The lowest BCUT2D eigenvalue weighted by molar-refractivity contribution is 0.377. The Kier molecular flexibility index (Phi) is 4.14. The Balaban J connectivity index is 2.12. The van der Waals surface area contributed by atoms with E-state index < -0.39 is 9.84 Å². The molecule has 0 saturated heterocycles. The van der Waals surface area contributed by atoms with Gasteiger partial charge in [0.05, 0.1) is 10.5 Å². The molecule has 0 amide bonds. The molecule has 0 spiro atoms. The molecule has 2 aliphatic carbocycles. The van der Waals surface area contributed by atoms with E-state index >= 15 is 0 Å². The van der Waals surface area contributed by atoms with Crippen molar-refractivity contribution < 1.29 is 8.42 Å². The van der Waals surface area contributed by atoms with E-state index in [1.165, 1.54) is 6.42 Å². The molecule has 2 saturated carbocycles. The minimum atomic E-state index is -2.94. The zero-order valence-electron chi connectivity index (χ0n) is 10.8. The van der Waals surface area contributed by atoms with E-state index in [0.717, 1.165) is 38.5 Å². The van der Waals surface area contributed by atoms with Gasteiger partial charge in [0.1, 0.15) is 0 Å². The third-order valence-corrected chi connectivity index (χ3v) is 7.49. The highest BCUT2D eigenvalue weighted by Crippen LogP contribution is 2.37. The SMILES string of the molecule is CC1CCCC(S(=O)(=O)C2CCCC2CN)C1. The summed E-state index contributed by atoms with van der Waals surface area (Å²) in [5.74, 6) is 0.790. The molecule has 2 fully saturated rings. The largest absolute Gasteiger partial charge is 0.330 e. The lowest BCUT2D eigenvalue weighted by Gasteiger charge is -2.30. The summed E-state index contributed by atoms with van der Waals surface area (Å²) in [7, 11) is -2.94. The van der Waals surface area contributed by atoms with Crippen molar-refractivity contribution in [3.8, 4) is 0 Å². The van der Waals surface area contributed by atoms with Crippen LogP contribution in [-0.2, 0) is 9.84 Å². The summed E-state index contributed by atoms with van der Waals surface area (Å²) >= 11 is 0. The highest BCUT2D eigenvalue weighted by atomic mass is 32.2. The van der Waals surface area contributed by atoms with Gasteiger partial charge >= 0.3 is 0 Å². The van der Waals surface area contributed by atoms with Gasteiger partial charge in [-0.25, -0.2) is 8.42 Å². The summed E-state index contributed by atoms with van der Waals surface area (Å²) < 4.78 is 25.3. The molecular weight excluding hydrogens is 234 g/mol. The summed E-state index contributed by atoms with van der Waals surface area (Å²) in [5, 5.41) is -0.216. The number of sulfone groups is 1. The molecule has 4 heteroatoms. The number of hydrogen-bond acceptors (Lipinski definition) is 3. The van der Waals surface area contributed by atoms with Crippen LogP contribution in [0.4, 0.5) is 0 Å². The topological polar surface area (TPSA) is 60.2 Å². The standard InChI is InChI=1S/C13H25NO2S/c1-10-4-2-6-12(8-10)17(15,16)13-7-3-5-11(13)9-14/h10-13H,2-9,14H2,1H3. The van der Waals surface area contributed by atoms with Crippen molar-refractivity contribution in [2.24, 2.45) is 17.6 Å². The number of hydrogen-bond donors (Lipinski definition) is 1. The van der Waals surface area contributed by atoms with Crippen LogP contribution in [-0.4, -0.2) is 25.5 Å². The first-order valence-electron chi connectivity index (χ1n) is 6.98. The molecule has 2 rings (SSSR count). The van der Waals surface area contributed by atoms with Crippen molar-refractivity contribution in [3.63, 3.8) is 0 Å². The third kappa shape index (κ3) is 2.68. The van der Waals surface area contributed by atoms with Crippen molar-refractivity contribution in [2.75, 3.05) is 6.54 Å². The molecule has 2 aliphatic rings. The monoisotopic (exact) mass is 259 g/mol. The van der Waals surface area contributed by atoms with Crippen LogP contribution >= 0.6 is 0 Å². The first-order chi connectivity index (χ1) is 8.05. The maximum atomic E-state index is 12.6. The van der Waals surface area contributed by atoms with Gasteiger partial charge in [-0.3, -0.25) is 0 Å². The average Bonchev–Trinajstić information content (AvgIpc) is 2.77. The summed E-state index contributed by atoms with van der Waals surface area (Å²) in [6, 6.07) is 0. The second kappa shape index (κ2) is 5.27. The molecule has 4 atom stereocenters. The second-order valence-electron chi connectivity index (χ2n) is 5.95. The smallest absolute Gasteiger partial charge is 0.156 e. The summed E-state index contributed by atoms with van der Waals surface area (Å²) in [6.45, 7) is 2.71. The molecule has 0 aromatic carbocycles. The van der Waals surface area contributed by atoms with Crippen LogP contribution in [0.5, 0.6) is 0 Å². The molecular formula is C13H25NO2S. The fourth-order valence-electron chi connectivity index (χ4n) is 3.63. The third-order valence-electron chi connectivity index (χ3n) is 4.67. The van der Waals surface area contributed by atoms with Crippen LogP contribution in [0.2, 0.25) is 0 Å². The number of nitrogens with two attached hydrogens (primary N) is 1. The highest BCUT2D eigenvalue weighted by Gasteiger charge is 2.42. The van der Waals surface area contributed by atoms with E-state index in [-0.39, 0.29) is 16.4 Å². The van der Waals surface area contributed by atoms with Crippen molar-refractivity contribution in [3.05, 3.63) is 0 Å². The Bertz CT molecular complexity index is 352. The zero-order valence-corrected chi connectivity index (χ0v) is 11.6. The Labute approximate surface area is 105 Å². The molecule has 2 N–H and O–H groups in total. The summed E-state index contributed by atoms with van der Waals surface area (Å²) in [6.07, 6.45) is 6.89. The van der Waals surface area contributed by atoms with Crippen molar-refractivity contribution in [1.82, 2.24) is 0 Å². The van der Waals surface area contributed by atoms with Crippen LogP contribution in [0.3, 0.4) is 0 Å². The van der Waals surface area contributed by atoms with Crippen molar-refractivity contribution in [2.45, 2.75) is 62.4 Å². The quantitative estimate of drug-likeness (QED) is 0.844. The van der Waals surface area contributed by atoms with Crippen LogP contribution in [0.15, 0.2) is 0 Å². The fraction of sp³-hybridized carbons (Fsp3) is 1.00. The normalized spacial score (nSPS) is 39.4. The van der Waals surface area contributed by atoms with Gasteiger partial charge in [-0.2, -0.15) is 0 Å². The lowest BCUT2D eigenvalue weighted by Crippen LogP contribution is -2.39. The van der Waals surface area contributed by atoms with Gasteiger partial charge in [-0.1, -0.05) is 26.2 Å². The van der Waals surface area contributed by atoms with E-state index in [0.29, 0.717) is 12.5 Å². The van der Waals surface area contributed by atoms with Crippen molar-refractivity contribution >= 4 is 9.84 Å². The number of rotatable bonds is 3. The summed E-state index contributed by atoms with van der Waals surface area (Å²) in [4.78, 5) is 0. The molecule has 0 bridgehead atoms. The minimum Gasteiger partial charge on any atom is -0.330 e. The molecule has 0 aromatic rings. The Morgan fingerprint density at radius 2 is 1.82 bits per heavy atom. The van der Waals surface area contributed by atoms with Crippen molar-refractivity contribution in [1.29, 1.82) is 0 Å². The highest BCUT2D eigenvalue weighted by molar-refractivity contribution is 7.92. The van der Waals surface area contributed by atoms with Gasteiger partial charge in [-0.05, 0) is 44.1 Å². The van der Waals surface area contributed by atoms with Gasteiger partial charge in [0.25, 0.3) is 0 Å². The first-order valence-corrected chi connectivity index (χ1v) is 8.59. The Morgan fingerprint density at radius 1 is 1.12 bits per heavy atom. The van der Waals surface area contributed by atoms with Gasteiger partial charge in [0, 0.05) is 0 Å². The maximum absolute atomic E-state index is 12.6. The van der Waals surface area contributed by atoms with E-state index in [9.17, 15) is 8.42 Å². The lowest BCUT2D eigenvalue weighted by atomic mass is 9.90. The van der Waals surface area contributed by atoms with Gasteiger partial charge < -0.3 is 5.73 Å². The maximum Gasteiger partial charge on any atom is 0.156 e. The van der Waals surface area contributed by atoms with E-state index in [4.69, 9.17) is 5.73 Å². The molecule has 0 heterocycles. The Hall–Kier alpha value is -0.0900. The van der Waals surface area contributed by atoms with E-state index in [2.05, 4.69) is 6.92 Å². The second-order valence-corrected chi connectivity index (χ2v) is 8.40. The predicted molar refractivity (Wildman–Crippen MR) is 70.5 cm³/mol. The Morgan fingerprint density at radius 3 is 2.47 bits per heavy atom. The molecule has 4 unspecified atom stereocenters. The molecule has 0 radical (unpaired) electrons. The molecule has 3 nitrogen and oxygen atoms in total. The minimum absolute atomic E-state index is 0.0802. The molecule has 17 heavy (non-hydrogen) atoms. The molecule has 0 aliphatic heterocycles. The van der Waals surface area contributed by atoms with Gasteiger partial charge in [0.15, 0.2) is 9.84 Å². The average molecular weight is 259 g/mol. The predicted octanol–water partition coefficient (Wildman–Crippen LogP) is 2.11. The van der Waals surface area contributed by atoms with Crippen LogP contribution in [0.25, 0.3) is 0 Å². The van der Waals surface area contributed by atoms with Crippen LogP contribution < -0.4 is 5.73 Å². The van der Waals surface area contributed by atoms with Crippen LogP contribution in [0.1, 0.15) is 51.9 Å². The summed E-state index contributed by atoms with van der Waals surface area (Å²) in [5.41, 5.74) is 5.71. The molecule has 0 aromatic heterocycles.